The highest BCUT2D eigenvalue weighted by Crippen LogP contribution is 2.33. The van der Waals surface area contributed by atoms with Gasteiger partial charge in [-0.1, -0.05) is 36.4 Å². The number of hydrogen-bond acceptors (Lipinski definition) is 3. The molecule has 0 aliphatic carbocycles. The molecule has 2 unspecified atom stereocenters. The molecule has 0 saturated carbocycles. The van der Waals surface area contributed by atoms with Gasteiger partial charge in [-0.05, 0) is 29.4 Å². The first-order valence-electron chi connectivity index (χ1n) is 7.16. The fourth-order valence-corrected chi connectivity index (χ4v) is 3.11. The van der Waals surface area contributed by atoms with Crippen LogP contribution in [0.25, 0.3) is 0 Å². The zero-order chi connectivity index (χ0) is 14.7. The van der Waals surface area contributed by atoms with Crippen LogP contribution in [0.2, 0.25) is 0 Å². The Balaban J connectivity index is 1.99. The van der Waals surface area contributed by atoms with Crippen LogP contribution in [0.1, 0.15) is 23.7 Å². The largest absolute Gasteiger partial charge is 0.330 e. The Morgan fingerprint density at radius 1 is 1.19 bits per heavy atom. The van der Waals surface area contributed by atoms with Crippen molar-refractivity contribution in [3.05, 3.63) is 66.0 Å². The van der Waals surface area contributed by atoms with Crippen LogP contribution in [0.4, 0.5) is 0 Å². The minimum Gasteiger partial charge on any atom is -0.330 e. The fraction of sp³-hybridized carbons (Fsp3) is 0.294. The summed E-state index contributed by atoms with van der Waals surface area (Å²) in [6.07, 6.45) is 2.36. The summed E-state index contributed by atoms with van der Waals surface area (Å²) in [6.45, 7) is 0.748. The lowest BCUT2D eigenvalue weighted by molar-refractivity contribution is -0.129. The number of carbonyl (C=O) groups is 1. The minimum atomic E-state index is -0.107. The average molecular weight is 298 g/mol. The van der Waals surface area contributed by atoms with Gasteiger partial charge in [-0.2, -0.15) is 12.6 Å². The normalized spacial score (nSPS) is 19.8. The van der Waals surface area contributed by atoms with Gasteiger partial charge in [0.25, 0.3) is 0 Å². The van der Waals surface area contributed by atoms with Gasteiger partial charge in [-0.15, -0.1) is 0 Å². The van der Waals surface area contributed by atoms with E-state index in [4.69, 9.17) is 0 Å². The quantitative estimate of drug-likeness (QED) is 0.880. The van der Waals surface area contributed by atoms with Gasteiger partial charge < -0.3 is 4.90 Å². The molecule has 1 amide bonds. The zero-order valence-corrected chi connectivity index (χ0v) is 12.6. The van der Waals surface area contributed by atoms with Crippen molar-refractivity contribution >= 4 is 18.5 Å². The van der Waals surface area contributed by atoms with Gasteiger partial charge in [0.05, 0.1) is 11.7 Å². The number of nitrogens with zero attached hydrogens (tertiary/aromatic N) is 2. The second kappa shape index (κ2) is 6.31. The van der Waals surface area contributed by atoms with Crippen LogP contribution in [0.5, 0.6) is 0 Å². The molecule has 2 heterocycles. The van der Waals surface area contributed by atoms with Crippen molar-refractivity contribution in [3.8, 4) is 0 Å². The van der Waals surface area contributed by atoms with Crippen molar-refractivity contribution in [1.82, 2.24) is 9.88 Å². The number of hydrogen-bond donors (Lipinski definition) is 1. The maximum Gasteiger partial charge on any atom is 0.223 e. The number of amides is 1. The van der Waals surface area contributed by atoms with Gasteiger partial charge in [0.1, 0.15) is 0 Å². The third-order valence-corrected chi connectivity index (χ3v) is 4.41. The van der Waals surface area contributed by atoms with Gasteiger partial charge in [-0.25, -0.2) is 0 Å². The molecule has 1 aromatic heterocycles. The summed E-state index contributed by atoms with van der Waals surface area (Å²) < 4.78 is 0. The van der Waals surface area contributed by atoms with E-state index in [1.165, 1.54) is 0 Å². The van der Waals surface area contributed by atoms with E-state index >= 15 is 0 Å². The van der Waals surface area contributed by atoms with Crippen LogP contribution in [0.3, 0.4) is 0 Å². The van der Waals surface area contributed by atoms with Crippen molar-refractivity contribution in [1.29, 1.82) is 0 Å². The maximum absolute atomic E-state index is 12.4. The molecule has 3 rings (SSSR count). The van der Waals surface area contributed by atoms with Crippen LogP contribution < -0.4 is 0 Å². The van der Waals surface area contributed by atoms with Gasteiger partial charge in [-0.3, -0.25) is 9.78 Å². The Bertz CT molecular complexity index is 563. The molecule has 2 atom stereocenters. The number of aromatic nitrogens is 1. The lowest BCUT2D eigenvalue weighted by atomic mass is 10.0. The third kappa shape index (κ3) is 2.95. The van der Waals surface area contributed by atoms with Crippen molar-refractivity contribution in [3.63, 3.8) is 0 Å². The molecule has 2 aromatic rings. The second-order valence-electron chi connectivity index (χ2n) is 5.37. The molecule has 3 nitrogen and oxygen atoms in total. The van der Waals surface area contributed by atoms with Crippen molar-refractivity contribution in [2.75, 3.05) is 12.3 Å². The number of likely N-dealkylation sites (tertiary alicyclic amines) is 1. The molecule has 108 valence electrons. The molecular formula is C17H18N2OS. The monoisotopic (exact) mass is 298 g/mol. The van der Waals surface area contributed by atoms with Crippen molar-refractivity contribution in [2.24, 2.45) is 5.92 Å². The van der Waals surface area contributed by atoms with Crippen LogP contribution in [-0.2, 0) is 4.79 Å². The Morgan fingerprint density at radius 3 is 2.57 bits per heavy atom. The predicted octanol–water partition coefficient (Wildman–Crippen LogP) is 2.95. The minimum absolute atomic E-state index is 0.107. The number of benzene rings is 1. The molecule has 1 fully saturated rings. The van der Waals surface area contributed by atoms with E-state index in [1.54, 1.807) is 6.20 Å². The number of pyridine rings is 1. The lowest BCUT2D eigenvalue weighted by Gasteiger charge is -2.28. The first kappa shape index (κ1) is 14.1. The molecule has 0 bridgehead atoms. The summed E-state index contributed by atoms with van der Waals surface area (Å²) in [4.78, 5) is 18.8. The first-order chi connectivity index (χ1) is 10.3. The Hall–Kier alpha value is -1.81. The Labute approximate surface area is 130 Å². The highest BCUT2D eigenvalue weighted by atomic mass is 32.1. The second-order valence-corrected chi connectivity index (χ2v) is 5.73. The van der Waals surface area contributed by atoms with E-state index in [0.29, 0.717) is 12.3 Å². The number of rotatable bonds is 4. The lowest BCUT2D eigenvalue weighted by Crippen LogP contribution is -2.31. The molecule has 1 aliphatic heterocycles. The molecule has 1 saturated heterocycles. The summed E-state index contributed by atoms with van der Waals surface area (Å²) in [5.74, 6) is 1.26. The summed E-state index contributed by atoms with van der Waals surface area (Å²) in [6, 6.07) is 15.8. The van der Waals surface area contributed by atoms with E-state index in [9.17, 15) is 4.79 Å². The van der Waals surface area contributed by atoms with Crippen LogP contribution >= 0.6 is 12.6 Å². The molecular weight excluding hydrogens is 280 g/mol. The Morgan fingerprint density at radius 2 is 1.95 bits per heavy atom. The maximum atomic E-state index is 12.4. The summed E-state index contributed by atoms with van der Waals surface area (Å²) in [7, 11) is 0. The van der Waals surface area contributed by atoms with E-state index in [-0.39, 0.29) is 11.9 Å². The number of carbonyl (C=O) groups excluding carboxylic acids is 1. The highest BCUT2D eigenvalue weighted by Gasteiger charge is 2.35. The van der Waals surface area contributed by atoms with E-state index in [0.717, 1.165) is 23.6 Å². The van der Waals surface area contributed by atoms with Crippen LogP contribution in [0, 0.1) is 5.92 Å². The van der Waals surface area contributed by atoms with Gasteiger partial charge in [0.15, 0.2) is 0 Å². The first-order valence-corrected chi connectivity index (χ1v) is 7.79. The molecule has 0 radical (unpaired) electrons. The van der Waals surface area contributed by atoms with Crippen LogP contribution in [-0.4, -0.2) is 28.1 Å². The molecule has 1 aliphatic rings. The summed E-state index contributed by atoms with van der Waals surface area (Å²) in [5.41, 5.74) is 2.02. The third-order valence-electron chi connectivity index (χ3n) is 3.89. The SMILES string of the molecule is O=C1CC(CS)CN1C(c1ccccc1)c1ccccn1. The smallest absolute Gasteiger partial charge is 0.223 e. The Kier molecular flexibility index (Phi) is 4.25. The predicted molar refractivity (Wildman–Crippen MR) is 86.2 cm³/mol. The van der Waals surface area contributed by atoms with E-state index < -0.39 is 0 Å². The van der Waals surface area contributed by atoms with Crippen molar-refractivity contribution < 1.29 is 4.79 Å². The molecule has 1 aromatic carbocycles. The zero-order valence-electron chi connectivity index (χ0n) is 11.7. The standard InChI is InChI=1S/C17H18N2OS/c20-16-10-13(12-21)11-19(16)17(14-6-2-1-3-7-14)15-8-4-5-9-18-15/h1-9,13,17,21H,10-12H2. The average Bonchev–Trinajstić information content (AvgIpc) is 2.91. The van der Waals surface area contributed by atoms with Gasteiger partial charge >= 0.3 is 0 Å². The van der Waals surface area contributed by atoms with E-state index in [2.05, 4.69) is 29.7 Å². The summed E-state index contributed by atoms with van der Waals surface area (Å²) >= 11 is 4.35. The molecule has 0 N–H and O–H groups in total. The topological polar surface area (TPSA) is 33.2 Å². The van der Waals surface area contributed by atoms with Gasteiger partial charge in [0.2, 0.25) is 5.91 Å². The van der Waals surface area contributed by atoms with E-state index in [1.807, 2.05) is 41.3 Å². The summed E-state index contributed by atoms with van der Waals surface area (Å²) in [5, 5.41) is 0. The molecule has 0 spiro atoms. The number of thiol groups is 1. The fourth-order valence-electron chi connectivity index (χ4n) is 2.86. The van der Waals surface area contributed by atoms with Gasteiger partial charge in [0, 0.05) is 19.2 Å². The van der Waals surface area contributed by atoms with Crippen molar-refractivity contribution in [2.45, 2.75) is 12.5 Å². The molecule has 21 heavy (non-hydrogen) atoms. The van der Waals surface area contributed by atoms with Crippen LogP contribution in [0.15, 0.2) is 54.7 Å². The highest BCUT2D eigenvalue weighted by molar-refractivity contribution is 7.80. The molecule has 4 heteroatoms.